The van der Waals surface area contributed by atoms with Crippen molar-refractivity contribution in [2.45, 2.75) is 53.4 Å². The summed E-state index contributed by atoms with van der Waals surface area (Å²) in [6.07, 6.45) is 6.91. The Balaban J connectivity index is 0. The molecule has 1 saturated carbocycles. The molecule has 0 radical (unpaired) electrons. The van der Waals surface area contributed by atoms with Crippen LogP contribution in [-0.4, -0.2) is 0 Å². The molecule has 15 heavy (non-hydrogen) atoms. The summed E-state index contributed by atoms with van der Waals surface area (Å²) in [6, 6.07) is 0. The summed E-state index contributed by atoms with van der Waals surface area (Å²) in [5.74, 6) is 1.82. The first-order valence-electron chi connectivity index (χ1n) is 5.87. The van der Waals surface area contributed by atoms with E-state index in [1.807, 2.05) is 20.3 Å². The van der Waals surface area contributed by atoms with Gasteiger partial charge in [0.25, 0.3) is 0 Å². The van der Waals surface area contributed by atoms with E-state index >= 15 is 0 Å². The molecule has 0 aromatic rings. The Hall–Kier alpha value is 1.10. The molecule has 0 amide bonds. The van der Waals surface area contributed by atoms with E-state index in [2.05, 4.69) is 27.7 Å². The van der Waals surface area contributed by atoms with E-state index in [-0.39, 0.29) is 32.7 Å². The SMILES string of the molecule is C[CH-]C.[CH2-]CC1(C[CH2-])CC(C(C)C)C1.[Y+3]. The predicted octanol–water partition coefficient (Wildman–Crippen LogP) is 4.72. The Labute approximate surface area is 123 Å². The van der Waals surface area contributed by atoms with Gasteiger partial charge in [0.05, 0.1) is 0 Å². The maximum absolute atomic E-state index is 4.00. The van der Waals surface area contributed by atoms with Gasteiger partial charge in [-0.2, -0.15) is 26.7 Å². The maximum Gasteiger partial charge on any atom is 3.00 e. The first-order chi connectivity index (χ1) is 6.55. The third-order valence-electron chi connectivity index (χ3n) is 3.39. The molecule has 0 unspecified atom stereocenters. The molecule has 0 bridgehead atoms. The van der Waals surface area contributed by atoms with Crippen LogP contribution in [0.15, 0.2) is 0 Å². The van der Waals surface area contributed by atoms with Gasteiger partial charge in [-0.25, -0.2) is 0 Å². The van der Waals surface area contributed by atoms with E-state index in [1.165, 1.54) is 12.8 Å². The third-order valence-corrected chi connectivity index (χ3v) is 3.39. The molecule has 0 saturated heterocycles. The van der Waals surface area contributed by atoms with E-state index in [0.29, 0.717) is 5.41 Å². The molecule has 0 aromatic heterocycles. The van der Waals surface area contributed by atoms with Crippen molar-refractivity contribution in [1.82, 2.24) is 0 Å². The second-order valence-electron chi connectivity index (χ2n) is 4.99. The van der Waals surface area contributed by atoms with Gasteiger partial charge >= 0.3 is 32.7 Å². The van der Waals surface area contributed by atoms with Gasteiger partial charge in [-0.1, -0.05) is 19.3 Å². The molecule has 0 heterocycles. The predicted molar refractivity (Wildman–Crippen MR) is 65.6 cm³/mol. The van der Waals surface area contributed by atoms with E-state index in [0.717, 1.165) is 24.7 Å². The van der Waals surface area contributed by atoms with Gasteiger partial charge in [-0.3, -0.25) is 0 Å². The van der Waals surface area contributed by atoms with Crippen molar-refractivity contribution < 1.29 is 32.7 Å². The van der Waals surface area contributed by atoms with E-state index in [9.17, 15) is 0 Å². The fourth-order valence-electron chi connectivity index (χ4n) is 2.06. The van der Waals surface area contributed by atoms with Crippen molar-refractivity contribution in [2.75, 3.05) is 0 Å². The molecule has 1 aliphatic rings. The molecular weight excluding hydrogens is 257 g/mol. The van der Waals surface area contributed by atoms with Crippen LogP contribution in [0.5, 0.6) is 0 Å². The average molecular weight is 284 g/mol. The molecule has 0 N–H and O–H groups in total. The second kappa shape index (κ2) is 9.17. The summed E-state index contributed by atoms with van der Waals surface area (Å²) >= 11 is 0. The Kier molecular flexibility index (Phi) is 11.3. The van der Waals surface area contributed by atoms with Gasteiger partial charge in [-0.05, 0) is 24.7 Å². The normalized spacial score (nSPS) is 18.6. The Morgan fingerprint density at radius 2 is 1.53 bits per heavy atom. The van der Waals surface area contributed by atoms with Crippen molar-refractivity contribution >= 4 is 0 Å². The summed E-state index contributed by atoms with van der Waals surface area (Å²) in [5, 5.41) is 0. The van der Waals surface area contributed by atoms with Crippen molar-refractivity contribution in [1.29, 1.82) is 0 Å². The number of hydrogen-bond donors (Lipinski definition) is 0. The molecule has 1 aliphatic carbocycles. The Morgan fingerprint density at radius 3 is 1.73 bits per heavy atom. The van der Waals surface area contributed by atoms with Crippen molar-refractivity contribution in [3.8, 4) is 0 Å². The van der Waals surface area contributed by atoms with Gasteiger partial charge in [0.1, 0.15) is 0 Å². The average Bonchev–Trinajstić information content (AvgIpc) is 2.05. The molecule has 1 fully saturated rings. The molecule has 1 rings (SSSR count). The zero-order valence-electron chi connectivity index (χ0n) is 11.1. The standard InChI is InChI=1S/C11H20.C3H7.Y/c1-5-11(6-2)7-10(8-11)9(3)4;1-3-2;/h9-10H,1-2,5-8H2,3-4H3;3H,1-2H3;/q-2;-1;+3. The zero-order valence-corrected chi connectivity index (χ0v) is 13.9. The van der Waals surface area contributed by atoms with Gasteiger partial charge < -0.3 is 20.3 Å². The first-order valence-corrected chi connectivity index (χ1v) is 5.87. The summed E-state index contributed by atoms with van der Waals surface area (Å²) < 4.78 is 0. The van der Waals surface area contributed by atoms with Crippen molar-refractivity contribution in [2.24, 2.45) is 17.3 Å². The van der Waals surface area contributed by atoms with Crippen LogP contribution in [0, 0.1) is 37.5 Å². The van der Waals surface area contributed by atoms with Crippen LogP contribution in [0.2, 0.25) is 0 Å². The number of hydrogen-bond acceptors (Lipinski definition) is 0. The Bertz CT molecular complexity index is 128. The van der Waals surface area contributed by atoms with Gasteiger partial charge in [0.15, 0.2) is 0 Å². The van der Waals surface area contributed by atoms with E-state index < -0.39 is 0 Å². The van der Waals surface area contributed by atoms with Crippen LogP contribution in [0.25, 0.3) is 0 Å². The molecular formula is C14H27Y. The van der Waals surface area contributed by atoms with Gasteiger partial charge in [0.2, 0.25) is 0 Å². The smallest absolute Gasteiger partial charge is 0.343 e. The van der Waals surface area contributed by atoms with Crippen LogP contribution < -0.4 is 0 Å². The van der Waals surface area contributed by atoms with Gasteiger partial charge in [-0.15, -0.1) is 0 Å². The van der Waals surface area contributed by atoms with Gasteiger partial charge in [0, 0.05) is 0 Å². The largest absolute Gasteiger partial charge is 3.00 e. The second-order valence-corrected chi connectivity index (χ2v) is 4.99. The van der Waals surface area contributed by atoms with Crippen LogP contribution >= 0.6 is 0 Å². The minimum Gasteiger partial charge on any atom is -0.343 e. The van der Waals surface area contributed by atoms with Crippen LogP contribution in [0.3, 0.4) is 0 Å². The van der Waals surface area contributed by atoms with Crippen LogP contribution in [0.4, 0.5) is 0 Å². The molecule has 0 nitrogen and oxygen atoms in total. The molecule has 0 aliphatic heterocycles. The molecule has 0 atom stereocenters. The Morgan fingerprint density at radius 1 is 1.20 bits per heavy atom. The van der Waals surface area contributed by atoms with Crippen molar-refractivity contribution in [3.05, 3.63) is 20.3 Å². The van der Waals surface area contributed by atoms with E-state index in [4.69, 9.17) is 0 Å². The topological polar surface area (TPSA) is 0 Å². The number of rotatable bonds is 3. The minimum atomic E-state index is 0. The van der Waals surface area contributed by atoms with Crippen LogP contribution in [-0.2, 0) is 32.7 Å². The summed E-state index contributed by atoms with van der Waals surface area (Å²) in [6.45, 7) is 16.6. The summed E-state index contributed by atoms with van der Waals surface area (Å²) in [4.78, 5) is 0. The fourth-order valence-corrected chi connectivity index (χ4v) is 2.06. The molecule has 1 heteroatoms. The maximum atomic E-state index is 4.00. The molecule has 0 spiro atoms. The monoisotopic (exact) mass is 284 g/mol. The molecule has 86 valence electrons. The quantitative estimate of drug-likeness (QED) is 0.658. The fraction of sp³-hybridized carbons (Fsp3) is 0.786. The van der Waals surface area contributed by atoms with Crippen molar-refractivity contribution in [3.63, 3.8) is 0 Å². The summed E-state index contributed by atoms with van der Waals surface area (Å²) in [7, 11) is 0. The first kappa shape index (κ1) is 18.5. The van der Waals surface area contributed by atoms with E-state index in [1.54, 1.807) is 0 Å². The van der Waals surface area contributed by atoms with Crippen LogP contribution in [0.1, 0.15) is 53.4 Å². The zero-order chi connectivity index (χ0) is 11.2. The third kappa shape index (κ3) is 5.82. The molecule has 0 aromatic carbocycles. The summed E-state index contributed by atoms with van der Waals surface area (Å²) in [5.41, 5.74) is 0.537. The minimum absolute atomic E-state index is 0.